The first-order valence-corrected chi connectivity index (χ1v) is 5.80. The molecule has 0 aliphatic heterocycles. The van der Waals surface area contributed by atoms with Gasteiger partial charge in [-0.1, -0.05) is 26.0 Å². The molecule has 1 rings (SSSR count). The molecular weight excluding hydrogens is 216 g/mol. The van der Waals surface area contributed by atoms with Crippen molar-refractivity contribution in [3.05, 3.63) is 29.8 Å². The number of carboxylic acids is 1. The summed E-state index contributed by atoms with van der Waals surface area (Å²) in [6, 6.07) is 7.65. The van der Waals surface area contributed by atoms with E-state index in [2.05, 4.69) is 0 Å². The minimum absolute atomic E-state index is 0.109. The Hall–Kier alpha value is -1.51. The van der Waals surface area contributed by atoms with Crippen molar-refractivity contribution in [1.82, 2.24) is 0 Å². The van der Waals surface area contributed by atoms with Crippen molar-refractivity contribution in [2.45, 2.75) is 45.6 Å². The first kappa shape index (κ1) is 13.6. The fraction of sp³-hybridized carbons (Fsp3) is 0.500. The molecule has 3 nitrogen and oxygen atoms in total. The number of hydrogen-bond donors (Lipinski definition) is 1. The Morgan fingerprint density at radius 3 is 2.59 bits per heavy atom. The second-order valence-corrected chi connectivity index (χ2v) is 5.15. The highest BCUT2D eigenvalue weighted by Gasteiger charge is 2.24. The molecule has 1 aromatic carbocycles. The zero-order valence-electron chi connectivity index (χ0n) is 10.9. The van der Waals surface area contributed by atoms with E-state index in [0.29, 0.717) is 0 Å². The van der Waals surface area contributed by atoms with Crippen LogP contribution < -0.4 is 4.74 Å². The lowest BCUT2D eigenvalue weighted by molar-refractivity contribution is -0.138. The van der Waals surface area contributed by atoms with Crippen molar-refractivity contribution in [1.29, 1.82) is 0 Å². The van der Waals surface area contributed by atoms with Crippen LogP contribution in [0.3, 0.4) is 0 Å². The largest absolute Gasteiger partial charge is 0.491 e. The van der Waals surface area contributed by atoms with Crippen molar-refractivity contribution in [2.75, 3.05) is 0 Å². The molecule has 0 fully saturated rings. The highest BCUT2D eigenvalue weighted by molar-refractivity contribution is 5.69. The van der Waals surface area contributed by atoms with Gasteiger partial charge in [-0.05, 0) is 31.5 Å². The monoisotopic (exact) mass is 236 g/mol. The number of benzene rings is 1. The summed E-state index contributed by atoms with van der Waals surface area (Å²) < 4.78 is 5.61. The lowest BCUT2D eigenvalue weighted by Crippen LogP contribution is -2.21. The molecule has 1 N–H and O–H groups in total. The standard InChI is InChI=1S/C14H20O3/c1-10(2)17-12-7-5-6-11(8-12)14(3,4)9-13(15)16/h5-8,10H,9H2,1-4H3,(H,15,16). The van der Waals surface area contributed by atoms with E-state index in [-0.39, 0.29) is 17.9 Å². The Morgan fingerprint density at radius 2 is 2.06 bits per heavy atom. The van der Waals surface area contributed by atoms with Crippen LogP contribution in [0.1, 0.15) is 39.7 Å². The van der Waals surface area contributed by atoms with Gasteiger partial charge in [-0.15, -0.1) is 0 Å². The normalized spacial score (nSPS) is 11.6. The maximum Gasteiger partial charge on any atom is 0.304 e. The summed E-state index contributed by atoms with van der Waals surface area (Å²) in [5, 5.41) is 8.89. The Morgan fingerprint density at radius 1 is 1.41 bits per heavy atom. The average molecular weight is 236 g/mol. The van der Waals surface area contributed by atoms with E-state index < -0.39 is 5.97 Å². The van der Waals surface area contributed by atoms with Crippen LogP contribution in [0.25, 0.3) is 0 Å². The number of aliphatic carboxylic acids is 1. The Labute approximate surface area is 102 Å². The summed E-state index contributed by atoms with van der Waals surface area (Å²) in [5.41, 5.74) is 0.598. The SMILES string of the molecule is CC(C)Oc1cccc(C(C)(C)CC(=O)O)c1. The lowest BCUT2D eigenvalue weighted by atomic mass is 9.81. The van der Waals surface area contributed by atoms with Crippen LogP contribution in [0.5, 0.6) is 5.75 Å². The number of carbonyl (C=O) groups is 1. The van der Waals surface area contributed by atoms with Crippen LogP contribution in [0.2, 0.25) is 0 Å². The third-order valence-corrected chi connectivity index (χ3v) is 2.58. The second-order valence-electron chi connectivity index (χ2n) is 5.15. The summed E-state index contributed by atoms with van der Waals surface area (Å²) in [6.07, 6.45) is 0.228. The van der Waals surface area contributed by atoms with Crippen LogP contribution in [-0.2, 0) is 10.2 Å². The Balaban J connectivity index is 2.94. The minimum atomic E-state index is -0.787. The molecule has 0 bridgehead atoms. The van der Waals surface area contributed by atoms with Gasteiger partial charge in [-0.25, -0.2) is 0 Å². The molecule has 1 aromatic rings. The van der Waals surface area contributed by atoms with Crippen molar-refractivity contribution < 1.29 is 14.6 Å². The molecule has 0 aromatic heterocycles. The molecule has 0 heterocycles. The minimum Gasteiger partial charge on any atom is -0.491 e. The van der Waals surface area contributed by atoms with Gasteiger partial charge in [0.15, 0.2) is 0 Å². The summed E-state index contributed by atoms with van der Waals surface area (Å²) >= 11 is 0. The summed E-state index contributed by atoms with van der Waals surface area (Å²) in [6.45, 7) is 7.79. The highest BCUT2D eigenvalue weighted by Crippen LogP contribution is 2.29. The third-order valence-electron chi connectivity index (χ3n) is 2.58. The zero-order chi connectivity index (χ0) is 13.1. The molecule has 0 unspecified atom stereocenters. The predicted octanol–water partition coefficient (Wildman–Crippen LogP) is 3.23. The van der Waals surface area contributed by atoms with E-state index in [1.165, 1.54) is 0 Å². The lowest BCUT2D eigenvalue weighted by Gasteiger charge is -2.24. The third kappa shape index (κ3) is 4.10. The fourth-order valence-corrected chi connectivity index (χ4v) is 1.74. The van der Waals surface area contributed by atoms with Crippen molar-refractivity contribution in [3.8, 4) is 5.75 Å². The smallest absolute Gasteiger partial charge is 0.304 e. The second kappa shape index (κ2) is 5.21. The average Bonchev–Trinajstić information content (AvgIpc) is 2.15. The summed E-state index contributed by atoms with van der Waals surface area (Å²) in [4.78, 5) is 10.8. The predicted molar refractivity (Wildman–Crippen MR) is 67.5 cm³/mol. The van der Waals surface area contributed by atoms with E-state index in [0.717, 1.165) is 11.3 Å². The Kier molecular flexibility index (Phi) is 4.16. The van der Waals surface area contributed by atoms with E-state index in [4.69, 9.17) is 9.84 Å². The van der Waals surface area contributed by atoms with Gasteiger partial charge in [-0.2, -0.15) is 0 Å². The van der Waals surface area contributed by atoms with Crippen molar-refractivity contribution in [3.63, 3.8) is 0 Å². The molecule has 17 heavy (non-hydrogen) atoms. The molecule has 0 atom stereocenters. The van der Waals surface area contributed by atoms with Crippen LogP contribution in [0.15, 0.2) is 24.3 Å². The van der Waals surface area contributed by atoms with Crippen LogP contribution in [-0.4, -0.2) is 17.2 Å². The number of ether oxygens (including phenoxy) is 1. The molecule has 0 saturated heterocycles. The van der Waals surface area contributed by atoms with E-state index in [1.807, 2.05) is 52.0 Å². The summed E-state index contributed by atoms with van der Waals surface area (Å²) in [7, 11) is 0. The maximum absolute atomic E-state index is 10.8. The molecule has 0 aliphatic carbocycles. The van der Waals surface area contributed by atoms with Crippen LogP contribution >= 0.6 is 0 Å². The molecule has 3 heteroatoms. The van der Waals surface area contributed by atoms with Crippen molar-refractivity contribution in [2.24, 2.45) is 0 Å². The summed E-state index contributed by atoms with van der Waals surface area (Å²) in [5.74, 6) is 0.00106. The van der Waals surface area contributed by atoms with Gasteiger partial charge in [0.2, 0.25) is 0 Å². The fourth-order valence-electron chi connectivity index (χ4n) is 1.74. The quantitative estimate of drug-likeness (QED) is 0.853. The van der Waals surface area contributed by atoms with Gasteiger partial charge < -0.3 is 9.84 Å². The number of carboxylic acid groups (broad SMARTS) is 1. The van der Waals surface area contributed by atoms with Gasteiger partial charge in [0.25, 0.3) is 0 Å². The number of rotatable bonds is 5. The van der Waals surface area contributed by atoms with Crippen LogP contribution in [0, 0.1) is 0 Å². The van der Waals surface area contributed by atoms with Gasteiger partial charge >= 0.3 is 5.97 Å². The first-order chi connectivity index (χ1) is 7.81. The number of hydrogen-bond acceptors (Lipinski definition) is 2. The van der Waals surface area contributed by atoms with E-state index >= 15 is 0 Å². The van der Waals surface area contributed by atoms with Gasteiger partial charge in [0.05, 0.1) is 12.5 Å². The topological polar surface area (TPSA) is 46.5 Å². The molecule has 0 saturated carbocycles. The molecule has 94 valence electrons. The molecular formula is C14H20O3. The zero-order valence-corrected chi connectivity index (χ0v) is 10.9. The molecule has 0 amide bonds. The van der Waals surface area contributed by atoms with E-state index in [1.54, 1.807) is 0 Å². The van der Waals surface area contributed by atoms with E-state index in [9.17, 15) is 4.79 Å². The molecule has 0 spiro atoms. The van der Waals surface area contributed by atoms with Gasteiger partial charge in [0.1, 0.15) is 5.75 Å². The first-order valence-electron chi connectivity index (χ1n) is 5.80. The van der Waals surface area contributed by atoms with Gasteiger partial charge in [0, 0.05) is 5.41 Å². The van der Waals surface area contributed by atoms with Gasteiger partial charge in [-0.3, -0.25) is 4.79 Å². The van der Waals surface area contributed by atoms with Crippen molar-refractivity contribution >= 4 is 5.97 Å². The maximum atomic E-state index is 10.8. The Bertz CT molecular complexity index is 394. The molecule has 0 radical (unpaired) electrons. The molecule has 0 aliphatic rings. The van der Waals surface area contributed by atoms with Crippen LogP contribution in [0.4, 0.5) is 0 Å². The highest BCUT2D eigenvalue weighted by atomic mass is 16.5.